The third-order valence-corrected chi connectivity index (χ3v) is 6.04. The highest BCUT2D eigenvalue weighted by atomic mass is 32.2. The maximum absolute atomic E-state index is 12.7. The molecule has 0 saturated heterocycles. The molecule has 1 unspecified atom stereocenters. The summed E-state index contributed by atoms with van der Waals surface area (Å²) in [5.41, 5.74) is 0.645. The molecule has 0 radical (unpaired) electrons. The van der Waals surface area contributed by atoms with Crippen molar-refractivity contribution in [3.8, 4) is 0 Å². The first-order valence-corrected chi connectivity index (χ1v) is 8.09. The van der Waals surface area contributed by atoms with E-state index >= 15 is 0 Å². The summed E-state index contributed by atoms with van der Waals surface area (Å²) in [7, 11) is -4.08. The standard InChI is InChI=1S/C15H16O5S.H3NO/c1-11-13(8-9-20-11)21(18,19)15(2,14(16)17)10-12-6-4-3-5-7-12;1-2/h3-9H,10H2,1-2H3,(H,16,17);2H,1H2. The van der Waals surface area contributed by atoms with Gasteiger partial charge in [-0.05, 0) is 25.5 Å². The number of hydrogen-bond donors (Lipinski definition) is 3. The lowest BCUT2D eigenvalue weighted by Gasteiger charge is -2.24. The van der Waals surface area contributed by atoms with Gasteiger partial charge in [-0.15, -0.1) is 0 Å². The molecule has 0 bridgehead atoms. The van der Waals surface area contributed by atoms with Crippen LogP contribution in [0.15, 0.2) is 52.0 Å². The van der Waals surface area contributed by atoms with Crippen molar-refractivity contribution < 1.29 is 27.9 Å². The van der Waals surface area contributed by atoms with Crippen LogP contribution in [0, 0.1) is 6.92 Å². The SMILES string of the molecule is Cc1occc1S(=O)(=O)C(C)(Cc1ccccc1)C(=O)O.NO. The molecule has 0 saturated carbocycles. The summed E-state index contributed by atoms with van der Waals surface area (Å²) in [6, 6.07) is 9.98. The number of carboxylic acids is 1. The molecular weight excluding hydrogens is 322 g/mol. The molecule has 0 amide bonds. The van der Waals surface area contributed by atoms with E-state index in [-0.39, 0.29) is 17.1 Å². The molecule has 2 rings (SSSR count). The minimum Gasteiger partial charge on any atom is -0.480 e. The van der Waals surface area contributed by atoms with E-state index in [1.165, 1.54) is 26.2 Å². The van der Waals surface area contributed by atoms with Gasteiger partial charge in [-0.1, -0.05) is 30.3 Å². The number of carboxylic acid groups (broad SMARTS) is 1. The van der Waals surface area contributed by atoms with Crippen LogP contribution in [0.1, 0.15) is 18.2 Å². The molecule has 2 aromatic rings. The van der Waals surface area contributed by atoms with Crippen LogP contribution in [0.5, 0.6) is 0 Å². The third kappa shape index (κ3) is 3.61. The predicted octanol–water partition coefficient (Wildman–Crippen LogP) is 1.78. The Morgan fingerprint density at radius 3 is 2.22 bits per heavy atom. The van der Waals surface area contributed by atoms with E-state index in [2.05, 4.69) is 5.90 Å². The van der Waals surface area contributed by atoms with Crippen LogP contribution >= 0.6 is 0 Å². The number of sulfone groups is 1. The van der Waals surface area contributed by atoms with E-state index < -0.39 is 20.6 Å². The highest BCUT2D eigenvalue weighted by Gasteiger charge is 2.48. The van der Waals surface area contributed by atoms with Gasteiger partial charge < -0.3 is 14.7 Å². The van der Waals surface area contributed by atoms with Crippen molar-refractivity contribution in [2.24, 2.45) is 5.90 Å². The molecule has 4 N–H and O–H groups in total. The molecule has 126 valence electrons. The highest BCUT2D eigenvalue weighted by Crippen LogP contribution is 2.32. The Labute approximate surface area is 134 Å². The third-order valence-electron chi connectivity index (χ3n) is 3.53. The first-order valence-electron chi connectivity index (χ1n) is 6.61. The fourth-order valence-electron chi connectivity index (χ4n) is 2.17. The lowest BCUT2D eigenvalue weighted by Crippen LogP contribution is -2.45. The Hall–Kier alpha value is -2.16. The van der Waals surface area contributed by atoms with Crippen molar-refractivity contribution in [1.29, 1.82) is 0 Å². The molecular formula is C15H19NO6S. The molecule has 1 aromatic carbocycles. The first kappa shape index (κ1) is 18.9. The van der Waals surface area contributed by atoms with Gasteiger partial charge in [-0.3, -0.25) is 4.79 Å². The summed E-state index contributed by atoms with van der Waals surface area (Å²) in [6.07, 6.45) is 1.13. The molecule has 1 atom stereocenters. The van der Waals surface area contributed by atoms with Crippen molar-refractivity contribution >= 4 is 15.8 Å². The number of hydrogen-bond acceptors (Lipinski definition) is 6. The van der Waals surface area contributed by atoms with Crippen LogP contribution in [0.25, 0.3) is 0 Å². The predicted molar refractivity (Wildman–Crippen MR) is 82.8 cm³/mol. The molecule has 1 heterocycles. The number of furan rings is 1. The summed E-state index contributed by atoms with van der Waals surface area (Å²) >= 11 is 0. The Morgan fingerprint density at radius 2 is 1.78 bits per heavy atom. The average Bonchev–Trinajstić information content (AvgIpc) is 2.96. The fraction of sp³-hybridized carbons (Fsp3) is 0.267. The van der Waals surface area contributed by atoms with Crippen LogP contribution in [-0.4, -0.2) is 29.4 Å². The summed E-state index contributed by atoms with van der Waals surface area (Å²) in [5.74, 6) is 2.31. The van der Waals surface area contributed by atoms with Crippen molar-refractivity contribution in [3.63, 3.8) is 0 Å². The second kappa shape index (κ2) is 7.40. The normalized spacial score (nSPS) is 13.6. The molecule has 0 aliphatic carbocycles. The second-order valence-electron chi connectivity index (χ2n) is 5.04. The number of benzene rings is 1. The summed E-state index contributed by atoms with van der Waals surface area (Å²) in [4.78, 5) is 11.6. The molecule has 1 aromatic heterocycles. The second-order valence-corrected chi connectivity index (χ2v) is 7.39. The zero-order valence-corrected chi connectivity index (χ0v) is 13.6. The average molecular weight is 341 g/mol. The van der Waals surface area contributed by atoms with Crippen molar-refractivity contribution in [3.05, 3.63) is 54.0 Å². The Kier molecular flexibility index (Phi) is 6.08. The van der Waals surface area contributed by atoms with Gasteiger partial charge in [0.05, 0.1) is 6.26 Å². The summed E-state index contributed by atoms with van der Waals surface area (Å²) < 4.78 is 28.5. The van der Waals surface area contributed by atoms with Crippen molar-refractivity contribution in [2.75, 3.05) is 0 Å². The number of aryl methyl sites for hydroxylation is 1. The minimum absolute atomic E-state index is 0.0802. The van der Waals surface area contributed by atoms with Gasteiger partial charge in [0.2, 0.25) is 0 Å². The number of carbonyl (C=O) groups is 1. The fourth-order valence-corrected chi connectivity index (χ4v) is 3.90. The summed E-state index contributed by atoms with van der Waals surface area (Å²) in [6.45, 7) is 2.72. The zero-order valence-electron chi connectivity index (χ0n) is 12.8. The van der Waals surface area contributed by atoms with Gasteiger partial charge in [0, 0.05) is 6.42 Å². The molecule has 0 aliphatic heterocycles. The van der Waals surface area contributed by atoms with Crippen LogP contribution in [0.3, 0.4) is 0 Å². The summed E-state index contributed by atoms with van der Waals surface area (Å²) in [5, 5.41) is 16.0. The lowest BCUT2D eigenvalue weighted by molar-refractivity contribution is -0.139. The van der Waals surface area contributed by atoms with Gasteiger partial charge in [0.15, 0.2) is 14.6 Å². The first-order chi connectivity index (χ1) is 10.8. The van der Waals surface area contributed by atoms with E-state index in [0.29, 0.717) is 5.56 Å². The quantitative estimate of drug-likeness (QED) is 0.706. The van der Waals surface area contributed by atoms with Crippen molar-refractivity contribution in [2.45, 2.75) is 29.9 Å². The lowest BCUT2D eigenvalue weighted by atomic mass is 10.0. The molecule has 0 fully saturated rings. The largest absolute Gasteiger partial charge is 0.480 e. The van der Waals surface area contributed by atoms with Crippen LogP contribution in [0.4, 0.5) is 0 Å². The Bertz CT molecular complexity index is 753. The Morgan fingerprint density at radius 1 is 1.22 bits per heavy atom. The van der Waals surface area contributed by atoms with E-state index in [1.54, 1.807) is 30.3 Å². The maximum Gasteiger partial charge on any atom is 0.325 e. The van der Waals surface area contributed by atoms with E-state index in [0.717, 1.165) is 0 Å². The number of rotatable bonds is 5. The number of nitrogens with two attached hydrogens (primary N) is 1. The van der Waals surface area contributed by atoms with Gasteiger partial charge in [-0.25, -0.2) is 14.3 Å². The molecule has 0 aliphatic rings. The smallest absolute Gasteiger partial charge is 0.325 e. The topological polar surface area (TPSA) is 131 Å². The van der Waals surface area contributed by atoms with E-state index in [9.17, 15) is 18.3 Å². The highest BCUT2D eigenvalue weighted by molar-refractivity contribution is 7.93. The van der Waals surface area contributed by atoms with E-state index in [4.69, 9.17) is 9.62 Å². The monoisotopic (exact) mass is 341 g/mol. The van der Waals surface area contributed by atoms with Crippen LogP contribution < -0.4 is 5.90 Å². The van der Waals surface area contributed by atoms with Crippen LogP contribution in [-0.2, 0) is 21.1 Å². The van der Waals surface area contributed by atoms with Gasteiger partial charge in [0.25, 0.3) is 0 Å². The molecule has 7 nitrogen and oxygen atoms in total. The van der Waals surface area contributed by atoms with E-state index in [1.807, 2.05) is 0 Å². The van der Waals surface area contributed by atoms with Gasteiger partial charge >= 0.3 is 5.97 Å². The van der Waals surface area contributed by atoms with Crippen LogP contribution in [0.2, 0.25) is 0 Å². The zero-order chi connectivity index (χ0) is 17.7. The minimum atomic E-state index is -4.08. The Balaban J connectivity index is 0.00000127. The van der Waals surface area contributed by atoms with Gasteiger partial charge in [0.1, 0.15) is 10.7 Å². The number of aliphatic carboxylic acids is 1. The molecule has 0 spiro atoms. The van der Waals surface area contributed by atoms with Crippen molar-refractivity contribution in [1.82, 2.24) is 0 Å². The molecule has 8 heteroatoms. The molecule has 23 heavy (non-hydrogen) atoms. The maximum atomic E-state index is 12.7. The van der Waals surface area contributed by atoms with Gasteiger partial charge in [-0.2, -0.15) is 0 Å².